The van der Waals surface area contributed by atoms with Gasteiger partial charge < -0.3 is 21.6 Å². The maximum absolute atomic E-state index is 12.7. The fourth-order valence-electron chi connectivity index (χ4n) is 2.64. The van der Waals surface area contributed by atoms with E-state index >= 15 is 0 Å². The third-order valence-corrected chi connectivity index (χ3v) is 3.94. The molecule has 2 aromatic heterocycles. The number of hydrogen-bond donors (Lipinski definition) is 0. The number of hydrogen-bond acceptors (Lipinski definition) is 4. The Bertz CT molecular complexity index is 1140. The quantitative estimate of drug-likeness (QED) is 0.488. The van der Waals surface area contributed by atoms with Crippen LogP contribution in [0.25, 0.3) is 11.0 Å². The Morgan fingerprint density at radius 1 is 0.963 bits per heavy atom. The molecule has 4 rings (SSSR count). The fourth-order valence-corrected chi connectivity index (χ4v) is 2.64. The maximum atomic E-state index is 12.7. The summed E-state index contributed by atoms with van der Waals surface area (Å²) >= 11 is 0. The molecule has 0 aliphatic heterocycles. The summed E-state index contributed by atoms with van der Waals surface area (Å²) in [6.07, 6.45) is 4.43. The minimum Gasteiger partial charge on any atom is -1.00 e. The van der Waals surface area contributed by atoms with E-state index in [-0.39, 0.29) is 29.2 Å². The molecule has 4 aromatic rings. The lowest BCUT2D eigenvalue weighted by molar-refractivity contribution is -0.378. The van der Waals surface area contributed by atoms with Crippen LogP contribution in [-0.2, 0) is 0 Å². The fraction of sp³-hybridized carbons (Fsp3) is 0. The molecule has 0 spiro atoms. The lowest BCUT2D eigenvalue weighted by Crippen LogP contribution is -3.00. The first-order valence-electron chi connectivity index (χ1n) is 8.02. The molecule has 0 aliphatic carbocycles. The van der Waals surface area contributed by atoms with Crippen LogP contribution in [0.1, 0.15) is 15.9 Å². The molecule has 0 bridgehead atoms. The molecule has 6 heteroatoms. The summed E-state index contributed by atoms with van der Waals surface area (Å²) in [5.74, 6) is 0.840. The number of benzene rings is 2. The van der Waals surface area contributed by atoms with Crippen molar-refractivity contribution in [3.05, 3.63) is 101 Å². The van der Waals surface area contributed by atoms with Crippen molar-refractivity contribution in [2.75, 3.05) is 0 Å². The highest BCUT2D eigenvalue weighted by molar-refractivity contribution is 6.09. The van der Waals surface area contributed by atoms with Crippen LogP contribution >= 0.6 is 0 Å². The highest BCUT2D eigenvalue weighted by Gasteiger charge is 2.18. The van der Waals surface area contributed by atoms with Crippen LogP contribution in [0.4, 0.5) is 0 Å². The number of ketones is 1. The van der Waals surface area contributed by atoms with E-state index in [0.29, 0.717) is 28.0 Å². The molecular formula is C21H14ClNO4. The second-order valence-electron chi connectivity index (χ2n) is 5.67. The van der Waals surface area contributed by atoms with Crippen molar-refractivity contribution in [2.24, 2.45) is 0 Å². The Kier molecular flexibility index (Phi) is 5.33. The lowest BCUT2D eigenvalue weighted by atomic mass is 10.1. The highest BCUT2D eigenvalue weighted by Crippen LogP contribution is 2.24. The maximum Gasteiger partial charge on any atom is 0.206 e. The number of pyridine rings is 1. The van der Waals surface area contributed by atoms with Crippen molar-refractivity contribution in [1.29, 1.82) is 0 Å². The van der Waals surface area contributed by atoms with Gasteiger partial charge in [0.25, 0.3) is 0 Å². The Balaban J connectivity index is 0.00000210. The lowest BCUT2D eigenvalue weighted by Gasteiger charge is -2.06. The van der Waals surface area contributed by atoms with Gasteiger partial charge in [-0.15, -0.1) is 0 Å². The average molecular weight is 380 g/mol. The molecular weight excluding hydrogens is 366 g/mol. The first kappa shape index (κ1) is 18.4. The molecule has 0 atom stereocenters. The van der Waals surface area contributed by atoms with E-state index in [9.17, 15) is 9.59 Å². The Morgan fingerprint density at radius 2 is 1.78 bits per heavy atom. The van der Waals surface area contributed by atoms with E-state index in [1.54, 1.807) is 42.7 Å². The highest BCUT2D eigenvalue weighted by atomic mass is 35.5. The monoisotopic (exact) mass is 379 g/mol. The third kappa shape index (κ3) is 3.73. The smallest absolute Gasteiger partial charge is 0.206 e. The van der Waals surface area contributed by atoms with Gasteiger partial charge in [-0.25, -0.2) is 4.98 Å². The number of fused-ring (bicyclic) bond motifs is 1. The van der Waals surface area contributed by atoms with Crippen molar-refractivity contribution < 1.29 is 31.3 Å². The molecule has 134 valence electrons. The zero-order valence-electron chi connectivity index (χ0n) is 14.0. The number of carbonyl (C=O) groups is 1. The number of nitrogens with one attached hydrogen (secondary N) is 1. The van der Waals surface area contributed by atoms with Crippen molar-refractivity contribution in [1.82, 2.24) is 0 Å². The molecule has 2 heterocycles. The Morgan fingerprint density at radius 3 is 2.52 bits per heavy atom. The molecule has 5 nitrogen and oxygen atoms in total. The van der Waals surface area contributed by atoms with Crippen molar-refractivity contribution in [2.45, 2.75) is 0 Å². The largest absolute Gasteiger partial charge is 1.00 e. The number of halogens is 1. The second kappa shape index (κ2) is 7.85. The van der Waals surface area contributed by atoms with Gasteiger partial charge in [0.15, 0.2) is 12.4 Å². The van der Waals surface area contributed by atoms with Crippen LogP contribution in [0.3, 0.4) is 0 Å². The first-order valence-corrected chi connectivity index (χ1v) is 8.02. The number of aromatic nitrogens is 1. The summed E-state index contributed by atoms with van der Waals surface area (Å²) in [6.45, 7) is 0. The molecule has 0 radical (unpaired) electrons. The van der Waals surface area contributed by atoms with Gasteiger partial charge in [0.2, 0.25) is 11.2 Å². The van der Waals surface area contributed by atoms with Crippen LogP contribution in [0.5, 0.6) is 11.5 Å². The van der Waals surface area contributed by atoms with Crippen LogP contribution in [0.15, 0.2) is 88.5 Å². The van der Waals surface area contributed by atoms with Crippen LogP contribution in [-0.4, -0.2) is 5.78 Å². The number of para-hydroxylation sites is 1. The van der Waals surface area contributed by atoms with Gasteiger partial charge in [-0.2, -0.15) is 0 Å². The van der Waals surface area contributed by atoms with Crippen molar-refractivity contribution in [3.8, 4) is 11.5 Å². The van der Waals surface area contributed by atoms with Crippen molar-refractivity contribution in [3.63, 3.8) is 0 Å². The summed E-state index contributed by atoms with van der Waals surface area (Å²) in [6, 6.07) is 17.6. The molecule has 0 aliphatic rings. The van der Waals surface area contributed by atoms with E-state index in [1.165, 1.54) is 6.26 Å². The SMILES string of the molecule is O=C(c1ccc[nH+]c1)c1coc2cc(Oc3ccccc3)ccc2c1=O.[Cl-]. The summed E-state index contributed by atoms with van der Waals surface area (Å²) in [4.78, 5) is 28.0. The molecule has 27 heavy (non-hydrogen) atoms. The summed E-state index contributed by atoms with van der Waals surface area (Å²) in [5.41, 5.74) is 0.378. The Hall–Kier alpha value is -3.44. The number of ether oxygens (including phenoxy) is 1. The van der Waals surface area contributed by atoms with E-state index < -0.39 is 0 Å². The van der Waals surface area contributed by atoms with Gasteiger partial charge in [-0.05, 0) is 30.3 Å². The first-order chi connectivity index (χ1) is 12.7. The zero-order valence-corrected chi connectivity index (χ0v) is 14.8. The topological polar surface area (TPSA) is 70.7 Å². The van der Waals surface area contributed by atoms with Gasteiger partial charge in [0.1, 0.15) is 28.9 Å². The van der Waals surface area contributed by atoms with Gasteiger partial charge in [-0.1, -0.05) is 18.2 Å². The predicted octanol–water partition coefficient (Wildman–Crippen LogP) is 0.634. The van der Waals surface area contributed by atoms with Crippen LogP contribution in [0.2, 0.25) is 0 Å². The minimum absolute atomic E-state index is 0. The van der Waals surface area contributed by atoms with Crippen molar-refractivity contribution >= 4 is 16.8 Å². The number of aromatic amines is 1. The number of carbonyl (C=O) groups excluding carboxylic acids is 1. The molecule has 0 saturated carbocycles. The third-order valence-electron chi connectivity index (χ3n) is 3.94. The van der Waals surface area contributed by atoms with E-state index in [0.717, 1.165) is 0 Å². The molecule has 1 N–H and O–H groups in total. The van der Waals surface area contributed by atoms with Gasteiger partial charge in [0.05, 0.1) is 10.9 Å². The number of rotatable bonds is 4. The zero-order chi connectivity index (χ0) is 17.9. The predicted molar refractivity (Wildman–Crippen MR) is 95.4 cm³/mol. The average Bonchev–Trinajstić information content (AvgIpc) is 2.69. The minimum atomic E-state index is -0.387. The normalized spacial score (nSPS) is 10.2. The van der Waals surface area contributed by atoms with Crippen LogP contribution < -0.4 is 27.6 Å². The van der Waals surface area contributed by atoms with E-state index in [4.69, 9.17) is 9.15 Å². The van der Waals surface area contributed by atoms with Gasteiger partial charge in [-0.3, -0.25) is 9.59 Å². The summed E-state index contributed by atoms with van der Waals surface area (Å²) in [5, 5.41) is 0.330. The standard InChI is InChI=1S/C21H13NO4.ClH/c23-20(14-5-4-10-22-12-14)18-13-25-19-11-16(8-9-17(19)21(18)24)26-15-6-2-1-3-7-15;/h1-13H;1H. The van der Waals surface area contributed by atoms with Gasteiger partial charge in [0, 0.05) is 12.1 Å². The molecule has 0 unspecified atom stereocenters. The molecule has 0 fully saturated rings. The number of H-pyrrole nitrogens is 1. The van der Waals surface area contributed by atoms with Crippen LogP contribution in [0, 0.1) is 0 Å². The Labute approximate surface area is 160 Å². The molecule has 0 amide bonds. The van der Waals surface area contributed by atoms with E-state index in [2.05, 4.69) is 4.98 Å². The second-order valence-corrected chi connectivity index (χ2v) is 5.67. The summed E-state index contributed by atoms with van der Waals surface area (Å²) < 4.78 is 11.3. The molecule has 2 aromatic carbocycles. The van der Waals surface area contributed by atoms with Gasteiger partial charge >= 0.3 is 0 Å². The summed E-state index contributed by atoms with van der Waals surface area (Å²) in [7, 11) is 0. The molecule has 0 saturated heterocycles. The van der Waals surface area contributed by atoms with E-state index in [1.807, 2.05) is 30.3 Å².